The number of nitrogens with two attached hydrogens (primary N) is 1. The first-order valence-electron chi connectivity index (χ1n) is 6.27. The van der Waals surface area contributed by atoms with E-state index in [0.717, 1.165) is 11.1 Å². The molecule has 0 spiro atoms. The standard InChI is InChI=1S/C13H15N3O4/c1-17-7-8-2-3-9-12(19-5-4-18-9)11(8)13-15-10(6-14)20-16-13/h2-3H,4-7,14H2,1H3. The maximum absolute atomic E-state index is 5.71. The molecule has 20 heavy (non-hydrogen) atoms. The minimum absolute atomic E-state index is 0.193. The van der Waals surface area contributed by atoms with E-state index < -0.39 is 0 Å². The van der Waals surface area contributed by atoms with E-state index in [1.165, 1.54) is 0 Å². The first kappa shape index (κ1) is 12.9. The van der Waals surface area contributed by atoms with Crippen LogP contribution < -0.4 is 15.2 Å². The Labute approximate surface area is 115 Å². The highest BCUT2D eigenvalue weighted by molar-refractivity contribution is 5.72. The largest absolute Gasteiger partial charge is 0.486 e. The fourth-order valence-corrected chi connectivity index (χ4v) is 2.12. The first-order chi connectivity index (χ1) is 9.83. The molecule has 7 heteroatoms. The Bertz CT molecular complexity index is 612. The van der Waals surface area contributed by atoms with Gasteiger partial charge in [0, 0.05) is 7.11 Å². The molecule has 0 bridgehead atoms. The number of hydrogen-bond acceptors (Lipinski definition) is 7. The molecular formula is C13H15N3O4. The van der Waals surface area contributed by atoms with Gasteiger partial charge in [-0.3, -0.25) is 0 Å². The predicted molar refractivity (Wildman–Crippen MR) is 69.3 cm³/mol. The van der Waals surface area contributed by atoms with Crippen molar-refractivity contribution in [3.63, 3.8) is 0 Å². The lowest BCUT2D eigenvalue weighted by Gasteiger charge is -2.21. The second-order valence-electron chi connectivity index (χ2n) is 4.27. The molecule has 2 heterocycles. The Morgan fingerprint density at radius 2 is 2.15 bits per heavy atom. The number of rotatable bonds is 4. The van der Waals surface area contributed by atoms with Crippen molar-refractivity contribution in [2.24, 2.45) is 5.73 Å². The highest BCUT2D eigenvalue weighted by Crippen LogP contribution is 2.41. The number of ether oxygens (including phenoxy) is 3. The first-order valence-corrected chi connectivity index (χ1v) is 6.27. The minimum atomic E-state index is 0.193. The molecule has 1 aliphatic rings. The molecule has 2 N–H and O–H groups in total. The molecule has 0 atom stereocenters. The molecule has 0 saturated heterocycles. The van der Waals surface area contributed by atoms with Gasteiger partial charge in [0.2, 0.25) is 11.7 Å². The van der Waals surface area contributed by atoms with Crippen molar-refractivity contribution < 1.29 is 18.7 Å². The van der Waals surface area contributed by atoms with Gasteiger partial charge in [-0.15, -0.1) is 0 Å². The van der Waals surface area contributed by atoms with E-state index >= 15 is 0 Å². The maximum Gasteiger partial charge on any atom is 0.240 e. The molecular weight excluding hydrogens is 262 g/mol. The quantitative estimate of drug-likeness (QED) is 0.894. The van der Waals surface area contributed by atoms with Crippen LogP contribution in [0, 0.1) is 0 Å². The van der Waals surface area contributed by atoms with E-state index in [4.69, 9.17) is 24.5 Å². The highest BCUT2D eigenvalue weighted by Gasteiger charge is 2.24. The number of aromatic nitrogens is 2. The molecule has 0 amide bonds. The molecule has 1 aliphatic heterocycles. The topological polar surface area (TPSA) is 92.6 Å². The molecule has 2 aromatic rings. The van der Waals surface area contributed by atoms with Gasteiger partial charge >= 0.3 is 0 Å². The van der Waals surface area contributed by atoms with E-state index in [9.17, 15) is 0 Å². The van der Waals surface area contributed by atoms with Gasteiger partial charge in [0.1, 0.15) is 13.2 Å². The van der Waals surface area contributed by atoms with Crippen LogP contribution >= 0.6 is 0 Å². The SMILES string of the molecule is COCc1ccc2c(c1-c1noc(CN)n1)OCCO2. The van der Waals surface area contributed by atoms with Crippen molar-refractivity contribution in [3.8, 4) is 22.9 Å². The van der Waals surface area contributed by atoms with E-state index in [-0.39, 0.29) is 6.54 Å². The summed E-state index contributed by atoms with van der Waals surface area (Å²) < 4.78 is 21.6. The number of nitrogens with zero attached hydrogens (tertiary/aromatic N) is 2. The molecule has 0 saturated carbocycles. The van der Waals surface area contributed by atoms with Crippen LogP contribution in [0.15, 0.2) is 16.7 Å². The summed E-state index contributed by atoms with van der Waals surface area (Å²) in [7, 11) is 1.63. The lowest BCUT2D eigenvalue weighted by atomic mass is 10.0. The summed E-state index contributed by atoms with van der Waals surface area (Å²) >= 11 is 0. The zero-order valence-electron chi connectivity index (χ0n) is 11.1. The summed E-state index contributed by atoms with van der Waals surface area (Å²) in [6.45, 7) is 1.62. The van der Waals surface area contributed by atoms with Crippen LogP contribution in [0.3, 0.4) is 0 Å². The van der Waals surface area contributed by atoms with Crippen molar-refractivity contribution in [2.75, 3.05) is 20.3 Å². The Balaban J connectivity index is 2.14. The van der Waals surface area contributed by atoms with Crippen LogP contribution in [0.25, 0.3) is 11.4 Å². The molecule has 3 rings (SSSR count). The zero-order chi connectivity index (χ0) is 13.9. The van der Waals surface area contributed by atoms with Gasteiger partial charge in [-0.25, -0.2) is 0 Å². The van der Waals surface area contributed by atoms with Gasteiger partial charge in [0.15, 0.2) is 11.5 Å². The summed E-state index contributed by atoms with van der Waals surface area (Å²) in [5.41, 5.74) is 7.13. The summed E-state index contributed by atoms with van der Waals surface area (Å²) in [5, 5.41) is 3.95. The molecule has 0 aliphatic carbocycles. The molecule has 0 radical (unpaired) electrons. The third kappa shape index (κ3) is 2.21. The van der Waals surface area contributed by atoms with Crippen molar-refractivity contribution in [1.82, 2.24) is 10.1 Å². The predicted octanol–water partition coefficient (Wildman–Crippen LogP) is 1.11. The number of fused-ring (bicyclic) bond motifs is 1. The molecule has 0 unspecified atom stereocenters. The van der Waals surface area contributed by atoms with E-state index in [0.29, 0.717) is 43.0 Å². The van der Waals surface area contributed by atoms with Gasteiger partial charge in [0.05, 0.1) is 18.7 Å². The molecule has 106 valence electrons. The summed E-state index contributed by atoms with van der Waals surface area (Å²) in [5.74, 6) is 2.10. The Morgan fingerprint density at radius 3 is 2.90 bits per heavy atom. The van der Waals surface area contributed by atoms with Crippen molar-refractivity contribution in [2.45, 2.75) is 13.2 Å². The second-order valence-corrected chi connectivity index (χ2v) is 4.27. The molecule has 1 aromatic heterocycles. The average Bonchev–Trinajstić information content (AvgIpc) is 2.96. The van der Waals surface area contributed by atoms with E-state index in [2.05, 4.69) is 10.1 Å². The Morgan fingerprint density at radius 1 is 1.30 bits per heavy atom. The van der Waals surface area contributed by atoms with Gasteiger partial charge in [-0.2, -0.15) is 4.98 Å². The van der Waals surface area contributed by atoms with Crippen molar-refractivity contribution >= 4 is 0 Å². The van der Waals surface area contributed by atoms with Crippen LogP contribution in [0.4, 0.5) is 0 Å². The fourth-order valence-electron chi connectivity index (χ4n) is 2.12. The summed E-state index contributed by atoms with van der Waals surface area (Å²) in [4.78, 5) is 4.26. The van der Waals surface area contributed by atoms with Crippen LogP contribution in [-0.2, 0) is 17.9 Å². The van der Waals surface area contributed by atoms with E-state index in [1.54, 1.807) is 7.11 Å². The number of hydrogen-bond donors (Lipinski definition) is 1. The van der Waals surface area contributed by atoms with Gasteiger partial charge < -0.3 is 24.5 Å². The summed E-state index contributed by atoms with van der Waals surface area (Å²) in [6, 6.07) is 3.76. The number of methoxy groups -OCH3 is 1. The van der Waals surface area contributed by atoms with Crippen LogP contribution in [-0.4, -0.2) is 30.5 Å². The monoisotopic (exact) mass is 277 g/mol. The lowest BCUT2D eigenvalue weighted by molar-refractivity contribution is 0.168. The van der Waals surface area contributed by atoms with Crippen molar-refractivity contribution in [1.29, 1.82) is 0 Å². The Kier molecular flexibility index (Phi) is 3.53. The Hall–Kier alpha value is -2.12. The second kappa shape index (κ2) is 5.48. The normalized spacial score (nSPS) is 13.5. The van der Waals surface area contributed by atoms with Crippen LogP contribution in [0.2, 0.25) is 0 Å². The lowest BCUT2D eigenvalue weighted by Crippen LogP contribution is -2.16. The van der Waals surface area contributed by atoms with Crippen LogP contribution in [0.5, 0.6) is 11.5 Å². The van der Waals surface area contributed by atoms with Gasteiger partial charge in [-0.05, 0) is 11.6 Å². The molecule has 0 fully saturated rings. The molecule has 7 nitrogen and oxygen atoms in total. The zero-order valence-corrected chi connectivity index (χ0v) is 11.1. The highest BCUT2D eigenvalue weighted by atomic mass is 16.6. The smallest absolute Gasteiger partial charge is 0.240 e. The average molecular weight is 277 g/mol. The van der Waals surface area contributed by atoms with Crippen LogP contribution in [0.1, 0.15) is 11.5 Å². The van der Waals surface area contributed by atoms with Crippen molar-refractivity contribution in [3.05, 3.63) is 23.6 Å². The van der Waals surface area contributed by atoms with E-state index in [1.807, 2.05) is 12.1 Å². The van der Waals surface area contributed by atoms with Gasteiger partial charge in [0.25, 0.3) is 0 Å². The molecule has 1 aromatic carbocycles. The third-order valence-electron chi connectivity index (χ3n) is 2.96. The summed E-state index contributed by atoms with van der Waals surface area (Å²) in [6.07, 6.45) is 0. The fraction of sp³-hybridized carbons (Fsp3) is 0.385. The maximum atomic E-state index is 5.71. The minimum Gasteiger partial charge on any atom is -0.486 e. The number of benzene rings is 1. The third-order valence-corrected chi connectivity index (χ3v) is 2.96. The van der Waals surface area contributed by atoms with Gasteiger partial charge in [-0.1, -0.05) is 11.2 Å².